The Hall–Kier alpha value is -3.15. The van der Waals surface area contributed by atoms with Crippen molar-refractivity contribution < 1.29 is 35.9 Å². The third kappa shape index (κ3) is 2.37. The van der Waals surface area contributed by atoms with Gasteiger partial charge in [0, 0.05) is 24.5 Å². The summed E-state index contributed by atoms with van der Waals surface area (Å²) in [5, 5.41) is 0. The van der Waals surface area contributed by atoms with Crippen LogP contribution >= 0.6 is 0 Å². The van der Waals surface area contributed by atoms with E-state index in [0.717, 1.165) is 17.0 Å². The van der Waals surface area contributed by atoms with Crippen molar-refractivity contribution in [3.8, 4) is 29.2 Å². The summed E-state index contributed by atoms with van der Waals surface area (Å²) in [6.07, 6.45) is 6.02. The molecule has 0 radical (unpaired) electrons. The summed E-state index contributed by atoms with van der Waals surface area (Å²) < 4.78 is 88.7. The normalized spacial score (nSPS) is 16.6. The predicted octanol–water partition coefficient (Wildman–Crippen LogP) is 4.08. The number of amides is 1. The minimum atomic E-state index is -2.36. The standard InChI is InChI=1S/C19H9F6NO2/c1-2-5-26-10-6-8(12-13(21)15(23)17(25)16(24)14(12)22)9(20)7-11(10)28-19(3-4-19)18(26)27/h1,6-7H,3-5H2. The number of nitrogens with zero attached hydrogens (tertiary/aromatic N) is 1. The smallest absolute Gasteiger partial charge is 0.272 e. The lowest BCUT2D eigenvalue weighted by Gasteiger charge is -2.34. The fraction of sp³-hybridized carbons (Fsp3) is 0.211. The number of carbonyl (C=O) groups excluding carboxylic acids is 1. The fourth-order valence-electron chi connectivity index (χ4n) is 3.16. The predicted molar refractivity (Wildman–Crippen MR) is 85.4 cm³/mol. The van der Waals surface area contributed by atoms with Gasteiger partial charge >= 0.3 is 0 Å². The molecule has 0 bridgehead atoms. The van der Waals surface area contributed by atoms with Crippen molar-refractivity contribution in [2.75, 3.05) is 11.4 Å². The molecule has 1 aliphatic heterocycles. The van der Waals surface area contributed by atoms with E-state index in [1.54, 1.807) is 0 Å². The van der Waals surface area contributed by atoms with Crippen LogP contribution in [0.2, 0.25) is 0 Å². The average Bonchev–Trinajstić information content (AvgIpc) is 3.44. The second kappa shape index (κ2) is 5.92. The Morgan fingerprint density at radius 1 is 1.00 bits per heavy atom. The molecule has 2 aliphatic rings. The zero-order valence-corrected chi connectivity index (χ0v) is 13.9. The number of terminal acetylenes is 1. The van der Waals surface area contributed by atoms with Gasteiger partial charge in [-0.1, -0.05) is 5.92 Å². The van der Waals surface area contributed by atoms with E-state index in [2.05, 4.69) is 5.92 Å². The SMILES string of the molecule is C#CCN1C(=O)C2(CC2)Oc2cc(F)c(-c3c(F)c(F)c(F)c(F)c3F)cc21. The molecule has 2 aromatic carbocycles. The number of carbonyl (C=O) groups is 1. The molecule has 0 aromatic heterocycles. The number of ether oxygens (including phenoxy) is 1. The monoisotopic (exact) mass is 397 g/mol. The quantitative estimate of drug-likeness (QED) is 0.331. The highest BCUT2D eigenvalue weighted by Crippen LogP contribution is 2.50. The van der Waals surface area contributed by atoms with E-state index in [9.17, 15) is 31.1 Å². The van der Waals surface area contributed by atoms with Crippen LogP contribution in [-0.4, -0.2) is 18.1 Å². The van der Waals surface area contributed by atoms with Gasteiger partial charge in [0.05, 0.1) is 17.8 Å². The van der Waals surface area contributed by atoms with Crippen LogP contribution in [0.1, 0.15) is 12.8 Å². The minimum absolute atomic E-state index is 0.113. The summed E-state index contributed by atoms with van der Waals surface area (Å²) in [7, 11) is 0. The van der Waals surface area contributed by atoms with Crippen LogP contribution in [0, 0.1) is 47.2 Å². The number of benzene rings is 2. The van der Waals surface area contributed by atoms with E-state index in [-0.39, 0.29) is 18.0 Å². The van der Waals surface area contributed by atoms with Crippen LogP contribution in [0.25, 0.3) is 11.1 Å². The number of halogens is 6. The van der Waals surface area contributed by atoms with Crippen molar-refractivity contribution in [3.05, 3.63) is 47.0 Å². The molecule has 9 heteroatoms. The van der Waals surface area contributed by atoms with Gasteiger partial charge in [0.15, 0.2) is 28.9 Å². The molecule has 0 atom stereocenters. The van der Waals surface area contributed by atoms with Crippen LogP contribution in [0.5, 0.6) is 5.75 Å². The minimum Gasteiger partial charge on any atom is -0.475 e. The van der Waals surface area contributed by atoms with E-state index in [1.165, 1.54) is 0 Å². The first-order valence-electron chi connectivity index (χ1n) is 8.01. The molecule has 0 unspecified atom stereocenters. The van der Waals surface area contributed by atoms with Gasteiger partial charge in [-0.15, -0.1) is 6.42 Å². The molecule has 28 heavy (non-hydrogen) atoms. The van der Waals surface area contributed by atoms with Gasteiger partial charge in [-0.2, -0.15) is 0 Å². The first kappa shape index (κ1) is 18.2. The fourth-order valence-corrected chi connectivity index (χ4v) is 3.16. The van der Waals surface area contributed by atoms with Crippen molar-refractivity contribution in [1.82, 2.24) is 0 Å². The zero-order chi connectivity index (χ0) is 20.4. The number of rotatable bonds is 2. The number of hydrogen-bond donors (Lipinski definition) is 0. The Morgan fingerprint density at radius 3 is 2.11 bits per heavy atom. The summed E-state index contributed by atoms with van der Waals surface area (Å²) in [5.41, 5.74) is -3.66. The lowest BCUT2D eigenvalue weighted by Crippen LogP contribution is -2.47. The highest BCUT2D eigenvalue weighted by molar-refractivity contribution is 6.05. The van der Waals surface area contributed by atoms with Crippen molar-refractivity contribution >= 4 is 11.6 Å². The molecular weight excluding hydrogens is 388 g/mol. The summed E-state index contributed by atoms with van der Waals surface area (Å²) in [4.78, 5) is 13.6. The Labute approximate surface area is 154 Å². The Morgan fingerprint density at radius 2 is 1.57 bits per heavy atom. The maximum absolute atomic E-state index is 14.6. The maximum Gasteiger partial charge on any atom is 0.272 e. The molecule has 1 spiro atoms. The van der Waals surface area contributed by atoms with Crippen LogP contribution in [0.3, 0.4) is 0 Å². The molecule has 0 saturated heterocycles. The highest BCUT2D eigenvalue weighted by Gasteiger charge is 2.58. The first-order valence-corrected chi connectivity index (χ1v) is 8.01. The van der Waals surface area contributed by atoms with E-state index < -0.39 is 57.5 Å². The maximum atomic E-state index is 14.6. The number of hydrogen-bond acceptors (Lipinski definition) is 2. The van der Waals surface area contributed by atoms with Gasteiger partial charge in [0.2, 0.25) is 5.82 Å². The first-order chi connectivity index (χ1) is 13.2. The van der Waals surface area contributed by atoms with Gasteiger partial charge in [0.1, 0.15) is 11.6 Å². The summed E-state index contributed by atoms with van der Waals surface area (Å²) in [5.74, 6) is -10.9. The zero-order valence-electron chi connectivity index (χ0n) is 13.9. The third-order valence-corrected chi connectivity index (χ3v) is 4.71. The van der Waals surface area contributed by atoms with Crippen LogP contribution in [0.15, 0.2) is 12.1 Å². The lowest BCUT2D eigenvalue weighted by atomic mass is 10.00. The second-order valence-electron chi connectivity index (χ2n) is 6.44. The Bertz CT molecular complexity index is 1060. The van der Waals surface area contributed by atoms with Crippen LogP contribution in [0.4, 0.5) is 32.0 Å². The van der Waals surface area contributed by atoms with Crippen molar-refractivity contribution in [2.24, 2.45) is 0 Å². The third-order valence-electron chi connectivity index (χ3n) is 4.71. The van der Waals surface area contributed by atoms with Crippen molar-refractivity contribution in [3.63, 3.8) is 0 Å². The van der Waals surface area contributed by atoms with E-state index in [4.69, 9.17) is 11.2 Å². The number of anilines is 1. The topological polar surface area (TPSA) is 29.5 Å². The van der Waals surface area contributed by atoms with Crippen LogP contribution in [-0.2, 0) is 4.79 Å². The molecule has 1 amide bonds. The molecule has 0 N–H and O–H groups in total. The Balaban J connectivity index is 1.96. The van der Waals surface area contributed by atoms with E-state index in [1.807, 2.05) is 0 Å². The number of fused-ring (bicyclic) bond motifs is 1. The Kier molecular flexibility index (Phi) is 3.86. The summed E-state index contributed by atoms with van der Waals surface area (Å²) >= 11 is 0. The largest absolute Gasteiger partial charge is 0.475 e. The van der Waals surface area contributed by atoms with Gasteiger partial charge in [-0.25, -0.2) is 26.3 Å². The highest BCUT2D eigenvalue weighted by atomic mass is 19.2. The summed E-state index contributed by atoms with van der Waals surface area (Å²) in [6, 6.07) is 1.52. The lowest BCUT2D eigenvalue weighted by molar-refractivity contribution is -0.128. The molecule has 3 nitrogen and oxygen atoms in total. The molecule has 1 saturated carbocycles. The van der Waals surface area contributed by atoms with Gasteiger partial charge in [-0.05, 0) is 6.07 Å². The van der Waals surface area contributed by atoms with Gasteiger partial charge in [0.25, 0.3) is 5.91 Å². The molecular formula is C19H9F6NO2. The van der Waals surface area contributed by atoms with E-state index >= 15 is 0 Å². The molecule has 1 fully saturated rings. The van der Waals surface area contributed by atoms with E-state index in [0.29, 0.717) is 12.8 Å². The molecule has 1 aliphatic carbocycles. The second-order valence-corrected chi connectivity index (χ2v) is 6.44. The molecule has 2 aromatic rings. The van der Waals surface area contributed by atoms with Crippen molar-refractivity contribution in [1.29, 1.82) is 0 Å². The molecule has 4 rings (SSSR count). The molecule has 1 heterocycles. The van der Waals surface area contributed by atoms with Crippen molar-refractivity contribution in [2.45, 2.75) is 18.4 Å². The van der Waals surface area contributed by atoms with Gasteiger partial charge < -0.3 is 4.74 Å². The average molecular weight is 397 g/mol. The summed E-state index contributed by atoms with van der Waals surface area (Å²) in [6.45, 7) is -0.251. The van der Waals surface area contributed by atoms with Gasteiger partial charge in [-0.3, -0.25) is 9.69 Å². The molecule has 144 valence electrons. The van der Waals surface area contributed by atoms with Crippen LogP contribution < -0.4 is 9.64 Å².